The Morgan fingerprint density at radius 1 is 1.15 bits per heavy atom. The molecule has 0 unspecified atom stereocenters. The molecule has 4 rings (SSSR count). The Morgan fingerprint density at radius 3 is 2.74 bits per heavy atom. The zero-order valence-corrected chi connectivity index (χ0v) is 15.5. The van der Waals surface area contributed by atoms with Crippen LogP contribution in [0.3, 0.4) is 0 Å². The number of aryl methyl sites for hydroxylation is 1. The Balaban J connectivity index is 1.57. The predicted octanol–water partition coefficient (Wildman–Crippen LogP) is 3.84. The molecule has 0 aliphatic carbocycles. The minimum absolute atomic E-state index is 0.262. The normalized spacial score (nSPS) is 14.4. The van der Waals surface area contributed by atoms with Crippen molar-refractivity contribution in [2.75, 3.05) is 43.6 Å². The van der Waals surface area contributed by atoms with Gasteiger partial charge in [0.15, 0.2) is 5.76 Å². The van der Waals surface area contributed by atoms with Gasteiger partial charge in [-0.1, -0.05) is 6.07 Å². The lowest BCUT2D eigenvalue weighted by Gasteiger charge is -2.29. The molecule has 0 saturated carbocycles. The van der Waals surface area contributed by atoms with Crippen LogP contribution in [0.2, 0.25) is 0 Å². The van der Waals surface area contributed by atoms with Gasteiger partial charge in [0, 0.05) is 35.4 Å². The number of carbonyl (C=O) groups excluding carboxylic acids is 1. The molecule has 3 aromatic rings. The maximum absolute atomic E-state index is 12.8. The van der Waals surface area contributed by atoms with E-state index in [2.05, 4.69) is 10.2 Å². The minimum Gasteiger partial charge on any atom is -0.497 e. The van der Waals surface area contributed by atoms with Gasteiger partial charge in [0.2, 0.25) is 0 Å². The highest BCUT2D eigenvalue weighted by molar-refractivity contribution is 6.06. The average molecular weight is 366 g/mol. The first-order chi connectivity index (χ1) is 13.2. The summed E-state index contributed by atoms with van der Waals surface area (Å²) in [6, 6.07) is 13.4. The standard InChI is InChI=1S/C21H22N2O4/c1-14-18-13-17(25-2)6-7-19(18)27-20(14)21(24)22-15-4-3-5-16(12-15)23-8-10-26-11-9-23/h3-7,12-13H,8-11H2,1-2H3,(H,22,24). The number of methoxy groups -OCH3 is 1. The number of nitrogens with zero attached hydrogens (tertiary/aromatic N) is 1. The van der Waals surface area contributed by atoms with E-state index in [4.69, 9.17) is 13.9 Å². The zero-order chi connectivity index (χ0) is 18.8. The quantitative estimate of drug-likeness (QED) is 0.760. The summed E-state index contributed by atoms with van der Waals surface area (Å²) in [5, 5.41) is 3.82. The molecule has 0 spiro atoms. The molecule has 0 atom stereocenters. The Labute approximate surface area is 157 Å². The Bertz CT molecular complexity index is 973. The molecule has 6 nitrogen and oxygen atoms in total. The maximum Gasteiger partial charge on any atom is 0.291 e. The number of hydrogen-bond acceptors (Lipinski definition) is 5. The lowest BCUT2D eigenvalue weighted by Crippen LogP contribution is -2.36. The molecule has 2 aromatic carbocycles. The van der Waals surface area contributed by atoms with Crippen LogP contribution >= 0.6 is 0 Å². The SMILES string of the molecule is COc1ccc2oc(C(=O)Nc3cccc(N4CCOCC4)c3)c(C)c2c1. The summed E-state index contributed by atoms with van der Waals surface area (Å²) in [6.45, 7) is 5.02. The van der Waals surface area contributed by atoms with Crippen molar-refractivity contribution in [3.05, 3.63) is 53.8 Å². The van der Waals surface area contributed by atoms with Crippen molar-refractivity contribution in [2.24, 2.45) is 0 Å². The summed E-state index contributed by atoms with van der Waals surface area (Å²) in [5.74, 6) is 0.786. The highest BCUT2D eigenvalue weighted by atomic mass is 16.5. The van der Waals surface area contributed by atoms with Gasteiger partial charge in [0.05, 0.1) is 20.3 Å². The van der Waals surface area contributed by atoms with Crippen LogP contribution in [0.15, 0.2) is 46.9 Å². The number of carbonyl (C=O) groups is 1. The number of anilines is 2. The van der Waals surface area contributed by atoms with Crippen molar-refractivity contribution in [1.82, 2.24) is 0 Å². The van der Waals surface area contributed by atoms with E-state index in [1.54, 1.807) is 7.11 Å². The van der Waals surface area contributed by atoms with Crippen LogP contribution in [0.25, 0.3) is 11.0 Å². The van der Waals surface area contributed by atoms with E-state index in [0.717, 1.165) is 54.4 Å². The second-order valence-corrected chi connectivity index (χ2v) is 6.52. The van der Waals surface area contributed by atoms with Crippen LogP contribution in [0.4, 0.5) is 11.4 Å². The Morgan fingerprint density at radius 2 is 1.96 bits per heavy atom. The van der Waals surface area contributed by atoms with Crippen LogP contribution in [0.1, 0.15) is 16.1 Å². The molecule has 1 aromatic heterocycles. The minimum atomic E-state index is -0.262. The van der Waals surface area contributed by atoms with Gasteiger partial charge in [-0.25, -0.2) is 0 Å². The second kappa shape index (κ2) is 7.32. The number of furan rings is 1. The summed E-state index contributed by atoms with van der Waals surface area (Å²) in [5.41, 5.74) is 3.27. The van der Waals surface area contributed by atoms with Gasteiger partial charge in [-0.3, -0.25) is 4.79 Å². The van der Waals surface area contributed by atoms with Gasteiger partial charge >= 0.3 is 0 Å². The third-order valence-electron chi connectivity index (χ3n) is 4.83. The molecule has 1 aliphatic heterocycles. The first kappa shape index (κ1) is 17.4. The average Bonchev–Trinajstić information content (AvgIpc) is 3.05. The van der Waals surface area contributed by atoms with Crippen molar-refractivity contribution < 1.29 is 18.7 Å². The molecule has 0 bridgehead atoms. The fourth-order valence-corrected chi connectivity index (χ4v) is 3.33. The number of benzene rings is 2. The van der Waals surface area contributed by atoms with E-state index in [9.17, 15) is 4.79 Å². The summed E-state index contributed by atoms with van der Waals surface area (Å²) >= 11 is 0. The molecule has 2 heterocycles. The predicted molar refractivity (Wildman–Crippen MR) is 105 cm³/mol. The maximum atomic E-state index is 12.8. The van der Waals surface area contributed by atoms with E-state index in [0.29, 0.717) is 11.3 Å². The Hall–Kier alpha value is -2.99. The number of fused-ring (bicyclic) bond motifs is 1. The lowest BCUT2D eigenvalue weighted by molar-refractivity contribution is 0.0998. The molecule has 27 heavy (non-hydrogen) atoms. The van der Waals surface area contributed by atoms with Gasteiger partial charge in [0.25, 0.3) is 5.91 Å². The van der Waals surface area contributed by atoms with E-state index >= 15 is 0 Å². The molecule has 1 N–H and O–H groups in total. The third-order valence-corrected chi connectivity index (χ3v) is 4.83. The zero-order valence-electron chi connectivity index (χ0n) is 15.5. The number of rotatable bonds is 4. The Kier molecular flexibility index (Phi) is 4.73. The number of nitrogens with one attached hydrogen (secondary N) is 1. The topological polar surface area (TPSA) is 63.9 Å². The van der Waals surface area contributed by atoms with Gasteiger partial charge in [-0.15, -0.1) is 0 Å². The highest BCUT2D eigenvalue weighted by Gasteiger charge is 2.19. The summed E-state index contributed by atoms with van der Waals surface area (Å²) < 4.78 is 16.4. The summed E-state index contributed by atoms with van der Waals surface area (Å²) in [4.78, 5) is 15.0. The first-order valence-corrected chi connectivity index (χ1v) is 8.97. The van der Waals surface area contributed by atoms with Crippen LogP contribution in [0.5, 0.6) is 5.75 Å². The van der Waals surface area contributed by atoms with Gasteiger partial charge in [-0.05, 0) is 43.3 Å². The number of morpholine rings is 1. The van der Waals surface area contributed by atoms with Crippen molar-refractivity contribution in [2.45, 2.75) is 6.92 Å². The van der Waals surface area contributed by atoms with Gasteiger partial charge in [-0.2, -0.15) is 0 Å². The third kappa shape index (κ3) is 3.48. The van der Waals surface area contributed by atoms with E-state index in [1.165, 1.54) is 0 Å². The van der Waals surface area contributed by atoms with Crippen LogP contribution < -0.4 is 15.0 Å². The van der Waals surface area contributed by atoms with E-state index in [1.807, 2.05) is 49.4 Å². The molecule has 1 amide bonds. The number of hydrogen-bond donors (Lipinski definition) is 1. The summed E-state index contributed by atoms with van der Waals surface area (Å²) in [7, 11) is 1.62. The monoisotopic (exact) mass is 366 g/mol. The van der Waals surface area contributed by atoms with Crippen LogP contribution in [-0.2, 0) is 4.74 Å². The van der Waals surface area contributed by atoms with Crippen molar-refractivity contribution in [3.63, 3.8) is 0 Å². The molecule has 6 heteroatoms. The molecule has 1 fully saturated rings. The van der Waals surface area contributed by atoms with E-state index < -0.39 is 0 Å². The van der Waals surface area contributed by atoms with Gasteiger partial charge in [0.1, 0.15) is 11.3 Å². The largest absolute Gasteiger partial charge is 0.497 e. The lowest BCUT2D eigenvalue weighted by atomic mass is 10.1. The molecular formula is C21H22N2O4. The van der Waals surface area contributed by atoms with Gasteiger partial charge < -0.3 is 24.1 Å². The van der Waals surface area contributed by atoms with Crippen molar-refractivity contribution in [1.29, 1.82) is 0 Å². The molecule has 140 valence electrons. The van der Waals surface area contributed by atoms with Crippen molar-refractivity contribution in [3.8, 4) is 5.75 Å². The summed E-state index contributed by atoms with van der Waals surface area (Å²) in [6.07, 6.45) is 0. The molecule has 1 aliphatic rings. The fraction of sp³-hybridized carbons (Fsp3) is 0.286. The highest BCUT2D eigenvalue weighted by Crippen LogP contribution is 2.29. The first-order valence-electron chi connectivity index (χ1n) is 8.97. The van der Waals surface area contributed by atoms with Crippen molar-refractivity contribution >= 4 is 28.3 Å². The second-order valence-electron chi connectivity index (χ2n) is 6.52. The smallest absolute Gasteiger partial charge is 0.291 e. The van der Waals surface area contributed by atoms with Crippen LogP contribution in [0, 0.1) is 6.92 Å². The fourth-order valence-electron chi connectivity index (χ4n) is 3.33. The molecule has 1 saturated heterocycles. The van der Waals surface area contributed by atoms with E-state index in [-0.39, 0.29) is 5.91 Å². The number of ether oxygens (including phenoxy) is 2. The molecular weight excluding hydrogens is 344 g/mol. The molecule has 0 radical (unpaired) electrons. The van der Waals surface area contributed by atoms with Crippen LogP contribution in [-0.4, -0.2) is 39.3 Å². The number of amides is 1.